The number of halogens is 1. The Morgan fingerprint density at radius 2 is 2.03 bits per heavy atom. The molecule has 0 saturated heterocycles. The maximum atomic E-state index is 12.6. The summed E-state index contributed by atoms with van der Waals surface area (Å²) in [5, 5.41) is 27.2. The van der Waals surface area contributed by atoms with Gasteiger partial charge in [0.15, 0.2) is 5.69 Å². The van der Waals surface area contributed by atoms with E-state index in [1.54, 1.807) is 49.3 Å². The van der Waals surface area contributed by atoms with E-state index >= 15 is 0 Å². The summed E-state index contributed by atoms with van der Waals surface area (Å²) in [5.74, 6) is -0.398. The molecule has 0 saturated carbocycles. The van der Waals surface area contributed by atoms with Gasteiger partial charge in [0, 0.05) is 17.4 Å². The first-order valence-electron chi connectivity index (χ1n) is 9.60. The molecule has 0 fully saturated rings. The third kappa shape index (κ3) is 4.52. The van der Waals surface area contributed by atoms with Crippen molar-refractivity contribution in [3.63, 3.8) is 0 Å². The number of amides is 1. The van der Waals surface area contributed by atoms with Gasteiger partial charge in [-0.3, -0.25) is 24.3 Å². The number of rotatable bonds is 7. The minimum absolute atomic E-state index is 0.0232. The lowest BCUT2D eigenvalue weighted by molar-refractivity contribution is -0.386. The van der Waals surface area contributed by atoms with Crippen LogP contribution in [0.2, 0.25) is 5.02 Å². The molecule has 0 spiro atoms. The predicted octanol–water partition coefficient (Wildman–Crippen LogP) is 3.26. The summed E-state index contributed by atoms with van der Waals surface area (Å²) >= 11 is 6.01. The van der Waals surface area contributed by atoms with Crippen molar-refractivity contribution in [1.29, 1.82) is 0 Å². The highest BCUT2D eigenvalue weighted by molar-refractivity contribution is 6.30. The molecule has 0 aliphatic carbocycles. The Labute approximate surface area is 187 Å². The molecule has 1 N–H and O–H groups in total. The smallest absolute Gasteiger partial charge is 0.312 e. The molecule has 12 heteroatoms. The summed E-state index contributed by atoms with van der Waals surface area (Å²) in [4.78, 5) is 23.3. The molecule has 0 bridgehead atoms. The number of carbonyl (C=O) groups excluding carboxylic acids is 1. The van der Waals surface area contributed by atoms with Crippen LogP contribution in [0, 0.1) is 24.0 Å². The van der Waals surface area contributed by atoms with Crippen LogP contribution in [-0.4, -0.2) is 40.2 Å². The Bertz CT molecular complexity index is 1310. The normalized spacial score (nSPS) is 11.0. The van der Waals surface area contributed by atoms with Crippen LogP contribution >= 0.6 is 11.6 Å². The van der Waals surface area contributed by atoms with Gasteiger partial charge in [-0.2, -0.15) is 15.3 Å². The Kier molecular flexibility index (Phi) is 5.73. The molecule has 164 valence electrons. The zero-order chi connectivity index (χ0) is 22.8. The predicted molar refractivity (Wildman–Crippen MR) is 117 cm³/mol. The van der Waals surface area contributed by atoms with Crippen LogP contribution in [0.4, 0.5) is 11.4 Å². The highest BCUT2D eigenvalue weighted by atomic mass is 35.5. The average molecular weight is 455 g/mol. The number of aromatic nitrogens is 6. The van der Waals surface area contributed by atoms with Crippen LogP contribution in [-0.2, 0) is 13.2 Å². The van der Waals surface area contributed by atoms with E-state index < -0.39 is 10.8 Å². The lowest BCUT2D eigenvalue weighted by Gasteiger charge is -2.04. The molecule has 0 radical (unpaired) electrons. The van der Waals surface area contributed by atoms with Gasteiger partial charge in [0.25, 0.3) is 5.91 Å². The quantitative estimate of drug-likeness (QED) is 0.337. The van der Waals surface area contributed by atoms with Gasteiger partial charge in [-0.05, 0) is 37.6 Å². The van der Waals surface area contributed by atoms with Gasteiger partial charge in [-0.1, -0.05) is 23.7 Å². The van der Waals surface area contributed by atoms with E-state index in [9.17, 15) is 14.9 Å². The molecule has 0 aliphatic heterocycles. The number of hydrogen-bond acceptors (Lipinski definition) is 6. The first kappa shape index (κ1) is 21.2. The van der Waals surface area contributed by atoms with Crippen LogP contribution in [0.25, 0.3) is 0 Å². The van der Waals surface area contributed by atoms with Crippen molar-refractivity contribution < 1.29 is 9.72 Å². The van der Waals surface area contributed by atoms with Crippen LogP contribution < -0.4 is 5.32 Å². The molecule has 1 amide bonds. The van der Waals surface area contributed by atoms with Gasteiger partial charge in [0.2, 0.25) is 0 Å². The van der Waals surface area contributed by atoms with E-state index in [0.717, 1.165) is 5.56 Å². The standard InChI is InChI=1S/C20H19ClN8O3/c1-13-19(29(31)32)14(2)28(24-13)12-26-7-6-18(25-26)20(30)23-17-9-22-27(11-17)10-15-4-3-5-16(21)8-15/h3-9,11H,10,12H2,1-2H3,(H,23,30). The van der Waals surface area contributed by atoms with Crippen molar-refractivity contribution in [3.8, 4) is 0 Å². The fourth-order valence-corrected chi connectivity index (χ4v) is 3.53. The Balaban J connectivity index is 1.41. The zero-order valence-corrected chi connectivity index (χ0v) is 18.0. The van der Waals surface area contributed by atoms with Crippen molar-refractivity contribution in [2.75, 3.05) is 5.32 Å². The number of carbonyl (C=O) groups is 1. The molecule has 32 heavy (non-hydrogen) atoms. The van der Waals surface area contributed by atoms with Gasteiger partial charge in [0.1, 0.15) is 18.1 Å². The third-order valence-corrected chi connectivity index (χ3v) is 5.04. The molecule has 0 unspecified atom stereocenters. The van der Waals surface area contributed by atoms with E-state index in [4.69, 9.17) is 11.6 Å². The molecule has 3 aromatic heterocycles. The molecule has 0 aliphatic rings. The van der Waals surface area contributed by atoms with E-state index in [1.165, 1.54) is 9.36 Å². The highest BCUT2D eigenvalue weighted by Crippen LogP contribution is 2.21. The van der Waals surface area contributed by atoms with E-state index in [1.807, 2.05) is 18.2 Å². The van der Waals surface area contributed by atoms with Crippen molar-refractivity contribution in [2.24, 2.45) is 0 Å². The number of anilines is 1. The Morgan fingerprint density at radius 3 is 2.75 bits per heavy atom. The van der Waals surface area contributed by atoms with Gasteiger partial charge in [0.05, 0.1) is 23.4 Å². The van der Waals surface area contributed by atoms with Crippen LogP contribution in [0.1, 0.15) is 27.4 Å². The van der Waals surface area contributed by atoms with Crippen LogP contribution in [0.15, 0.2) is 48.9 Å². The minimum atomic E-state index is -0.456. The van der Waals surface area contributed by atoms with Crippen molar-refractivity contribution in [2.45, 2.75) is 27.1 Å². The van der Waals surface area contributed by atoms with Gasteiger partial charge >= 0.3 is 5.69 Å². The van der Waals surface area contributed by atoms with E-state index in [-0.39, 0.29) is 18.1 Å². The summed E-state index contributed by atoms with van der Waals surface area (Å²) in [5.41, 5.74) is 2.43. The van der Waals surface area contributed by atoms with E-state index in [2.05, 4.69) is 20.6 Å². The van der Waals surface area contributed by atoms with Gasteiger partial charge < -0.3 is 5.32 Å². The minimum Gasteiger partial charge on any atom is -0.318 e. The monoisotopic (exact) mass is 454 g/mol. The number of hydrogen-bond donors (Lipinski definition) is 1. The molecule has 3 heterocycles. The first-order chi connectivity index (χ1) is 15.3. The largest absolute Gasteiger partial charge is 0.318 e. The summed E-state index contributed by atoms with van der Waals surface area (Å²) < 4.78 is 4.65. The number of aryl methyl sites for hydroxylation is 1. The number of benzene rings is 1. The molecule has 4 rings (SSSR count). The Morgan fingerprint density at radius 1 is 1.22 bits per heavy atom. The fraction of sp³-hybridized carbons (Fsp3) is 0.200. The molecule has 1 aromatic carbocycles. The maximum Gasteiger partial charge on any atom is 0.312 e. The second-order valence-corrected chi connectivity index (χ2v) is 7.61. The first-order valence-corrected chi connectivity index (χ1v) is 9.98. The molecule has 4 aromatic rings. The number of nitrogens with zero attached hydrogens (tertiary/aromatic N) is 7. The summed E-state index contributed by atoms with van der Waals surface area (Å²) in [6, 6.07) is 9.02. The second kappa shape index (κ2) is 8.63. The maximum absolute atomic E-state index is 12.6. The lowest BCUT2D eigenvalue weighted by Crippen LogP contribution is -2.15. The molecular weight excluding hydrogens is 436 g/mol. The van der Waals surface area contributed by atoms with Gasteiger partial charge in [-0.15, -0.1) is 0 Å². The Hall–Kier alpha value is -3.99. The topological polar surface area (TPSA) is 126 Å². The summed E-state index contributed by atoms with van der Waals surface area (Å²) in [6.07, 6.45) is 4.87. The third-order valence-electron chi connectivity index (χ3n) is 4.80. The van der Waals surface area contributed by atoms with Crippen molar-refractivity contribution in [1.82, 2.24) is 29.3 Å². The highest BCUT2D eigenvalue weighted by Gasteiger charge is 2.22. The summed E-state index contributed by atoms with van der Waals surface area (Å²) in [7, 11) is 0. The van der Waals surface area contributed by atoms with Crippen LogP contribution in [0.3, 0.4) is 0 Å². The van der Waals surface area contributed by atoms with Gasteiger partial charge in [-0.25, -0.2) is 4.68 Å². The van der Waals surface area contributed by atoms with Crippen LogP contribution in [0.5, 0.6) is 0 Å². The lowest BCUT2D eigenvalue weighted by atomic mass is 10.2. The van der Waals surface area contributed by atoms with Crippen molar-refractivity contribution in [3.05, 3.63) is 86.7 Å². The zero-order valence-electron chi connectivity index (χ0n) is 17.3. The second-order valence-electron chi connectivity index (χ2n) is 7.17. The summed E-state index contributed by atoms with van der Waals surface area (Å²) in [6.45, 7) is 3.86. The number of nitrogens with one attached hydrogen (secondary N) is 1. The SMILES string of the molecule is Cc1nn(Cn2ccc(C(=O)Nc3cnn(Cc4cccc(Cl)c4)c3)n2)c(C)c1[N+](=O)[O-]. The average Bonchev–Trinajstić information content (AvgIpc) is 3.42. The van der Waals surface area contributed by atoms with E-state index in [0.29, 0.717) is 28.6 Å². The van der Waals surface area contributed by atoms with Crippen molar-refractivity contribution >= 4 is 28.9 Å². The molecule has 11 nitrogen and oxygen atoms in total. The fourth-order valence-electron chi connectivity index (χ4n) is 3.32. The number of nitro groups is 1. The molecular formula is C20H19ClN8O3. The molecule has 0 atom stereocenters.